The van der Waals surface area contributed by atoms with Crippen LogP contribution < -0.4 is 0 Å². The minimum Gasteiger partial charge on any atom is -0.456 e. The van der Waals surface area contributed by atoms with E-state index < -0.39 is 11.9 Å². The zero-order chi connectivity index (χ0) is 14.8. The Morgan fingerprint density at radius 3 is 2.70 bits per heavy atom. The number of hydrogen-bond acceptors (Lipinski definition) is 4. The first-order valence-corrected chi connectivity index (χ1v) is 7.52. The van der Waals surface area contributed by atoms with E-state index >= 15 is 0 Å². The molecule has 0 spiro atoms. The molecular weight excluding hydrogens is 256 g/mol. The van der Waals surface area contributed by atoms with E-state index in [-0.39, 0.29) is 12.2 Å². The van der Waals surface area contributed by atoms with E-state index in [1.54, 1.807) is 0 Å². The lowest BCUT2D eigenvalue weighted by atomic mass is 9.74. The Hall–Kier alpha value is -1.32. The van der Waals surface area contributed by atoms with E-state index in [1.807, 2.05) is 0 Å². The van der Waals surface area contributed by atoms with Crippen LogP contribution in [0.25, 0.3) is 0 Å². The van der Waals surface area contributed by atoms with Gasteiger partial charge in [-0.25, -0.2) is 9.59 Å². The molecule has 2 aliphatic carbocycles. The first-order valence-electron chi connectivity index (χ1n) is 7.52. The van der Waals surface area contributed by atoms with E-state index in [9.17, 15) is 9.59 Å². The van der Waals surface area contributed by atoms with Crippen molar-refractivity contribution < 1.29 is 19.1 Å². The maximum absolute atomic E-state index is 12.0. The topological polar surface area (TPSA) is 52.6 Å². The highest BCUT2D eigenvalue weighted by Gasteiger charge is 2.55. The Morgan fingerprint density at radius 2 is 2.20 bits per heavy atom. The number of rotatable bonds is 6. The lowest BCUT2D eigenvalue weighted by Gasteiger charge is -2.41. The summed E-state index contributed by atoms with van der Waals surface area (Å²) >= 11 is 0. The third-order valence-electron chi connectivity index (χ3n) is 5.09. The summed E-state index contributed by atoms with van der Waals surface area (Å²) in [4.78, 5) is 23.0. The fourth-order valence-electron chi connectivity index (χ4n) is 3.93. The van der Waals surface area contributed by atoms with Crippen LogP contribution >= 0.6 is 0 Å². The SMILES string of the molecule is C=CC(=O)OCC(=O)OC1(C(C)CC)CC2CCC1C2. The molecule has 0 heterocycles. The maximum Gasteiger partial charge on any atom is 0.344 e. The molecule has 0 aromatic carbocycles. The van der Waals surface area contributed by atoms with Crippen molar-refractivity contribution in [2.75, 3.05) is 6.61 Å². The van der Waals surface area contributed by atoms with Gasteiger partial charge in [0.25, 0.3) is 0 Å². The summed E-state index contributed by atoms with van der Waals surface area (Å²) in [6.07, 6.45) is 6.58. The van der Waals surface area contributed by atoms with Gasteiger partial charge >= 0.3 is 11.9 Å². The number of esters is 2. The van der Waals surface area contributed by atoms with Crippen LogP contribution in [0.4, 0.5) is 0 Å². The molecule has 2 fully saturated rings. The molecule has 4 heteroatoms. The first kappa shape index (κ1) is 15.1. The van der Waals surface area contributed by atoms with Crippen LogP contribution in [-0.4, -0.2) is 24.1 Å². The molecule has 2 aliphatic rings. The van der Waals surface area contributed by atoms with Gasteiger partial charge in [0.15, 0.2) is 6.61 Å². The van der Waals surface area contributed by atoms with E-state index in [2.05, 4.69) is 20.4 Å². The number of hydrogen-bond donors (Lipinski definition) is 0. The predicted molar refractivity (Wildman–Crippen MR) is 74.9 cm³/mol. The third-order valence-corrected chi connectivity index (χ3v) is 5.09. The Bertz CT molecular complexity index is 403. The summed E-state index contributed by atoms with van der Waals surface area (Å²) in [6.45, 7) is 7.27. The number of ether oxygens (including phenoxy) is 2. The van der Waals surface area contributed by atoms with Gasteiger partial charge in [0.05, 0.1) is 0 Å². The lowest BCUT2D eigenvalue weighted by Crippen LogP contribution is -2.46. The average Bonchev–Trinajstić information content (AvgIpc) is 3.04. The van der Waals surface area contributed by atoms with E-state index in [0.717, 1.165) is 25.3 Å². The average molecular weight is 280 g/mol. The van der Waals surface area contributed by atoms with Crippen molar-refractivity contribution in [1.29, 1.82) is 0 Å². The fraction of sp³-hybridized carbons (Fsp3) is 0.750. The zero-order valence-electron chi connectivity index (χ0n) is 12.4. The van der Waals surface area contributed by atoms with E-state index in [4.69, 9.17) is 9.47 Å². The Balaban J connectivity index is 2.00. The van der Waals surface area contributed by atoms with Crippen LogP contribution in [0.3, 0.4) is 0 Å². The molecule has 2 rings (SSSR count). The molecule has 2 saturated carbocycles. The number of carbonyl (C=O) groups is 2. The summed E-state index contributed by atoms with van der Waals surface area (Å²) in [5, 5.41) is 0. The van der Waals surface area contributed by atoms with Gasteiger partial charge in [-0.15, -0.1) is 0 Å². The Morgan fingerprint density at radius 1 is 1.45 bits per heavy atom. The van der Waals surface area contributed by atoms with Crippen LogP contribution in [0, 0.1) is 17.8 Å². The van der Waals surface area contributed by atoms with Crippen molar-refractivity contribution in [3.8, 4) is 0 Å². The highest BCUT2D eigenvalue weighted by Crippen LogP contribution is 2.56. The van der Waals surface area contributed by atoms with Crippen LogP contribution in [0.15, 0.2) is 12.7 Å². The molecule has 112 valence electrons. The van der Waals surface area contributed by atoms with Gasteiger partial charge < -0.3 is 9.47 Å². The van der Waals surface area contributed by atoms with Crippen LogP contribution in [0.2, 0.25) is 0 Å². The second kappa shape index (κ2) is 5.98. The minimum atomic E-state index is -0.590. The van der Waals surface area contributed by atoms with Crippen molar-refractivity contribution in [1.82, 2.24) is 0 Å². The van der Waals surface area contributed by atoms with Crippen molar-refractivity contribution >= 4 is 11.9 Å². The van der Waals surface area contributed by atoms with Crippen LogP contribution in [-0.2, 0) is 19.1 Å². The largest absolute Gasteiger partial charge is 0.456 e. The van der Waals surface area contributed by atoms with Gasteiger partial charge in [-0.2, -0.15) is 0 Å². The first-order chi connectivity index (χ1) is 9.51. The van der Waals surface area contributed by atoms with Crippen LogP contribution in [0.1, 0.15) is 46.0 Å². The molecule has 0 amide bonds. The number of fused-ring (bicyclic) bond motifs is 2. The van der Waals surface area contributed by atoms with Gasteiger partial charge in [-0.05, 0) is 49.9 Å². The highest BCUT2D eigenvalue weighted by atomic mass is 16.6. The summed E-state index contributed by atoms with van der Waals surface area (Å²) in [6, 6.07) is 0. The molecular formula is C16H24O4. The smallest absolute Gasteiger partial charge is 0.344 e. The molecule has 0 aliphatic heterocycles. The summed E-state index contributed by atoms with van der Waals surface area (Å²) in [5.74, 6) is 0.483. The third kappa shape index (κ3) is 2.74. The van der Waals surface area contributed by atoms with Gasteiger partial charge in [-0.3, -0.25) is 0 Å². The quantitative estimate of drug-likeness (QED) is 0.554. The molecule has 4 atom stereocenters. The molecule has 4 unspecified atom stereocenters. The molecule has 20 heavy (non-hydrogen) atoms. The fourth-order valence-corrected chi connectivity index (χ4v) is 3.93. The summed E-state index contributed by atoms with van der Waals surface area (Å²) in [5.41, 5.74) is -0.338. The molecule has 0 N–H and O–H groups in total. The number of carbonyl (C=O) groups excluding carboxylic acids is 2. The molecule has 0 saturated heterocycles. The molecule has 0 aromatic heterocycles. The second-order valence-corrected chi connectivity index (χ2v) is 6.13. The van der Waals surface area contributed by atoms with E-state index in [1.165, 1.54) is 12.8 Å². The van der Waals surface area contributed by atoms with Crippen molar-refractivity contribution in [3.63, 3.8) is 0 Å². The Kier molecular flexibility index (Phi) is 4.51. The molecule has 0 radical (unpaired) electrons. The van der Waals surface area contributed by atoms with Crippen LogP contribution in [0.5, 0.6) is 0 Å². The summed E-state index contributed by atoms with van der Waals surface area (Å²) in [7, 11) is 0. The summed E-state index contributed by atoms with van der Waals surface area (Å²) < 4.78 is 10.6. The standard InChI is InChI=1S/C16H24O4/c1-4-11(3)16(9-12-6-7-13(16)8-12)20-15(18)10-19-14(17)5-2/h5,11-13H,2,4,6-10H2,1,3H3. The normalized spacial score (nSPS) is 32.7. The minimum absolute atomic E-state index is 0.319. The monoisotopic (exact) mass is 280 g/mol. The molecule has 4 nitrogen and oxygen atoms in total. The van der Waals surface area contributed by atoms with Crippen molar-refractivity contribution in [3.05, 3.63) is 12.7 Å². The van der Waals surface area contributed by atoms with Gasteiger partial charge in [0, 0.05) is 6.08 Å². The van der Waals surface area contributed by atoms with Crippen molar-refractivity contribution in [2.24, 2.45) is 17.8 Å². The predicted octanol–water partition coefficient (Wildman–Crippen LogP) is 2.86. The Labute approximate surface area is 120 Å². The van der Waals surface area contributed by atoms with Gasteiger partial charge in [-0.1, -0.05) is 20.4 Å². The lowest BCUT2D eigenvalue weighted by molar-refractivity contribution is -0.181. The van der Waals surface area contributed by atoms with E-state index in [0.29, 0.717) is 17.8 Å². The molecule has 0 aromatic rings. The maximum atomic E-state index is 12.0. The van der Waals surface area contributed by atoms with Gasteiger partial charge in [0.1, 0.15) is 5.60 Å². The van der Waals surface area contributed by atoms with Gasteiger partial charge in [0.2, 0.25) is 0 Å². The zero-order valence-corrected chi connectivity index (χ0v) is 12.4. The highest BCUT2D eigenvalue weighted by molar-refractivity contribution is 5.83. The second-order valence-electron chi connectivity index (χ2n) is 6.13. The molecule has 2 bridgehead atoms. The van der Waals surface area contributed by atoms with Crippen molar-refractivity contribution in [2.45, 2.75) is 51.6 Å².